The molecule has 6 rings (SSSR count). The Balaban J connectivity index is 1.39. The molecule has 5 aromatic rings. The van der Waals surface area contributed by atoms with E-state index < -0.39 is 11.4 Å². The maximum absolute atomic E-state index is 12.2. The summed E-state index contributed by atoms with van der Waals surface area (Å²) in [5, 5.41) is 12.2. The Bertz CT molecular complexity index is 1830. The number of carboxylic acid groups (broad SMARTS) is 1. The molecule has 1 aliphatic rings. The van der Waals surface area contributed by atoms with E-state index >= 15 is 0 Å². The van der Waals surface area contributed by atoms with Crippen LogP contribution in [0.4, 0.5) is 0 Å². The Labute approximate surface area is 267 Å². The van der Waals surface area contributed by atoms with E-state index in [9.17, 15) is 9.90 Å². The molecule has 2 aromatic heterocycles. The maximum Gasteiger partial charge on any atom is 0.309 e. The van der Waals surface area contributed by atoms with Crippen molar-refractivity contribution in [1.82, 2.24) is 9.55 Å². The molecule has 0 saturated heterocycles. The zero-order chi connectivity index (χ0) is 31.0. The standard InChI is InChI=1S/C36H35ClN2O4S/c1-22-16-27-31(43-21-26-17-32(42-4)28(19-38-26)24-8-6-5-7-9-24)15-14-29-33(27)34(44-22)30(18-36(2,3)35(40)41)39(29)20-23-10-12-25(37)13-11-23/h5-15,17,19,22H,16,18,20-21H2,1-4H3,(H,40,41). The predicted octanol–water partition coefficient (Wildman–Crippen LogP) is 8.68. The minimum atomic E-state index is -0.931. The molecule has 0 saturated carbocycles. The van der Waals surface area contributed by atoms with Crippen LogP contribution in [0, 0.1) is 5.41 Å². The van der Waals surface area contributed by atoms with Gasteiger partial charge in [-0.1, -0.05) is 61.0 Å². The Morgan fingerprint density at radius 1 is 1.09 bits per heavy atom. The molecule has 0 bridgehead atoms. The van der Waals surface area contributed by atoms with Gasteiger partial charge < -0.3 is 19.1 Å². The van der Waals surface area contributed by atoms with Gasteiger partial charge in [-0.3, -0.25) is 9.78 Å². The number of thioether (sulfide) groups is 1. The predicted molar refractivity (Wildman–Crippen MR) is 177 cm³/mol. The molecule has 1 atom stereocenters. The fraction of sp³-hybridized carbons (Fsp3) is 0.278. The summed E-state index contributed by atoms with van der Waals surface area (Å²) in [4.78, 5) is 18.1. The normalized spacial score (nSPS) is 14.5. The van der Waals surface area contributed by atoms with Gasteiger partial charge in [0.2, 0.25) is 0 Å². The molecule has 6 nitrogen and oxygen atoms in total. The first-order valence-corrected chi connectivity index (χ1v) is 15.9. The number of pyridine rings is 1. The SMILES string of the molecule is COc1cc(COc2ccc3c4c2CC(C)Sc4c(CC(C)(C)C(=O)O)n3Cc2ccc(Cl)cc2)ncc1-c1ccccc1. The molecule has 0 amide bonds. The lowest BCUT2D eigenvalue weighted by atomic mass is 9.87. The summed E-state index contributed by atoms with van der Waals surface area (Å²) < 4.78 is 14.5. The molecular formula is C36H35ClN2O4S. The zero-order valence-electron chi connectivity index (χ0n) is 25.3. The number of carbonyl (C=O) groups is 1. The number of aliphatic carboxylic acids is 1. The molecule has 3 aromatic carbocycles. The fourth-order valence-corrected chi connectivity index (χ4v) is 7.28. The van der Waals surface area contributed by atoms with Gasteiger partial charge in [-0.25, -0.2) is 0 Å². The van der Waals surface area contributed by atoms with Crippen LogP contribution >= 0.6 is 23.4 Å². The minimum absolute atomic E-state index is 0.297. The number of nitrogens with zero attached hydrogens (tertiary/aromatic N) is 2. The molecule has 1 N–H and O–H groups in total. The molecule has 3 heterocycles. The van der Waals surface area contributed by atoms with Crippen LogP contribution < -0.4 is 9.47 Å². The Morgan fingerprint density at radius 3 is 2.55 bits per heavy atom. The van der Waals surface area contributed by atoms with Crippen LogP contribution in [-0.4, -0.2) is 33.0 Å². The maximum atomic E-state index is 12.2. The number of benzene rings is 3. The van der Waals surface area contributed by atoms with Crippen molar-refractivity contribution < 1.29 is 19.4 Å². The molecule has 8 heteroatoms. The highest BCUT2D eigenvalue weighted by Crippen LogP contribution is 2.48. The summed E-state index contributed by atoms with van der Waals surface area (Å²) >= 11 is 8.00. The van der Waals surface area contributed by atoms with E-state index in [0.29, 0.717) is 29.8 Å². The number of ether oxygens (including phenoxy) is 2. The second-order valence-corrected chi connectivity index (χ2v) is 13.8. The molecule has 226 valence electrons. The highest BCUT2D eigenvalue weighted by molar-refractivity contribution is 8.00. The number of hydrogen-bond acceptors (Lipinski definition) is 5. The van der Waals surface area contributed by atoms with Crippen molar-refractivity contribution in [2.24, 2.45) is 5.41 Å². The second kappa shape index (κ2) is 12.2. The van der Waals surface area contributed by atoms with Crippen molar-refractivity contribution in [2.45, 2.75) is 56.9 Å². The fourth-order valence-electron chi connectivity index (χ4n) is 5.84. The van der Waals surface area contributed by atoms with Gasteiger partial charge in [0.05, 0.1) is 23.7 Å². The lowest BCUT2D eigenvalue weighted by molar-refractivity contribution is -0.146. The first kappa shape index (κ1) is 30.1. The van der Waals surface area contributed by atoms with Crippen molar-refractivity contribution in [3.05, 3.63) is 107 Å². The van der Waals surface area contributed by atoms with E-state index in [1.165, 1.54) is 0 Å². The van der Waals surface area contributed by atoms with Crippen molar-refractivity contribution in [3.8, 4) is 22.6 Å². The minimum Gasteiger partial charge on any atom is -0.496 e. The van der Waals surface area contributed by atoms with Crippen LogP contribution in [0.1, 0.15) is 43.3 Å². The lowest BCUT2D eigenvalue weighted by Crippen LogP contribution is -2.28. The summed E-state index contributed by atoms with van der Waals surface area (Å²) in [7, 11) is 1.67. The summed E-state index contributed by atoms with van der Waals surface area (Å²) in [6.07, 6.45) is 3.10. The number of rotatable bonds is 10. The summed E-state index contributed by atoms with van der Waals surface area (Å²) in [5.74, 6) is 0.762. The summed E-state index contributed by atoms with van der Waals surface area (Å²) in [6.45, 7) is 6.72. The average molecular weight is 627 g/mol. The van der Waals surface area contributed by atoms with Crippen LogP contribution in [0.2, 0.25) is 5.02 Å². The van der Waals surface area contributed by atoms with Gasteiger partial charge in [0.15, 0.2) is 0 Å². The highest BCUT2D eigenvalue weighted by atomic mass is 35.5. The third-order valence-corrected chi connectivity index (χ3v) is 9.71. The van der Waals surface area contributed by atoms with Crippen LogP contribution in [0.3, 0.4) is 0 Å². The monoisotopic (exact) mass is 626 g/mol. The van der Waals surface area contributed by atoms with E-state index in [1.807, 2.05) is 84.7 Å². The van der Waals surface area contributed by atoms with Gasteiger partial charge in [0.1, 0.15) is 18.1 Å². The number of carboxylic acids is 1. The molecule has 1 unspecified atom stereocenters. The molecular weight excluding hydrogens is 592 g/mol. The quantitative estimate of drug-likeness (QED) is 0.167. The Hall–Kier alpha value is -3.94. The molecule has 0 fully saturated rings. The Morgan fingerprint density at radius 2 is 1.84 bits per heavy atom. The lowest BCUT2D eigenvalue weighted by Gasteiger charge is -2.24. The van der Waals surface area contributed by atoms with E-state index in [0.717, 1.165) is 67.4 Å². The Kier molecular flexibility index (Phi) is 8.36. The number of halogens is 1. The third-order valence-electron chi connectivity index (χ3n) is 8.21. The molecule has 1 aliphatic heterocycles. The first-order valence-electron chi connectivity index (χ1n) is 14.7. The average Bonchev–Trinajstić information content (AvgIpc) is 3.29. The van der Waals surface area contributed by atoms with Gasteiger partial charge in [0, 0.05) is 62.6 Å². The zero-order valence-corrected chi connectivity index (χ0v) is 26.8. The molecule has 44 heavy (non-hydrogen) atoms. The largest absolute Gasteiger partial charge is 0.496 e. The molecule has 0 radical (unpaired) electrons. The second-order valence-electron chi connectivity index (χ2n) is 12.0. The summed E-state index contributed by atoms with van der Waals surface area (Å²) in [6, 6.07) is 24.0. The van der Waals surface area contributed by atoms with Gasteiger partial charge >= 0.3 is 5.97 Å². The van der Waals surface area contributed by atoms with E-state index in [1.54, 1.807) is 21.0 Å². The van der Waals surface area contributed by atoms with Crippen LogP contribution in [0.15, 0.2) is 83.9 Å². The van der Waals surface area contributed by atoms with Gasteiger partial charge in [-0.2, -0.15) is 0 Å². The number of methoxy groups -OCH3 is 1. The third kappa shape index (κ3) is 5.91. The van der Waals surface area contributed by atoms with Crippen LogP contribution in [-0.2, 0) is 30.8 Å². The van der Waals surface area contributed by atoms with E-state index in [2.05, 4.69) is 17.6 Å². The van der Waals surface area contributed by atoms with Gasteiger partial charge in [0.25, 0.3) is 0 Å². The first-order chi connectivity index (χ1) is 21.1. The van der Waals surface area contributed by atoms with Crippen molar-refractivity contribution in [3.63, 3.8) is 0 Å². The van der Waals surface area contributed by atoms with Crippen LogP contribution in [0.25, 0.3) is 22.0 Å². The van der Waals surface area contributed by atoms with E-state index in [-0.39, 0.29) is 0 Å². The topological polar surface area (TPSA) is 73.6 Å². The summed E-state index contributed by atoms with van der Waals surface area (Å²) in [5.41, 5.74) is 6.20. The highest BCUT2D eigenvalue weighted by Gasteiger charge is 2.34. The molecule has 0 spiro atoms. The van der Waals surface area contributed by atoms with Crippen LogP contribution in [0.5, 0.6) is 11.5 Å². The van der Waals surface area contributed by atoms with Crippen molar-refractivity contribution in [2.75, 3.05) is 7.11 Å². The number of hydrogen-bond donors (Lipinski definition) is 1. The molecule has 0 aliphatic carbocycles. The van der Waals surface area contributed by atoms with Gasteiger partial charge in [-0.15, -0.1) is 11.8 Å². The van der Waals surface area contributed by atoms with E-state index in [4.69, 9.17) is 26.1 Å². The van der Waals surface area contributed by atoms with Crippen molar-refractivity contribution in [1.29, 1.82) is 0 Å². The number of aromatic nitrogens is 2. The van der Waals surface area contributed by atoms with Gasteiger partial charge in [-0.05, 0) is 55.7 Å². The van der Waals surface area contributed by atoms with Crippen molar-refractivity contribution >= 4 is 40.2 Å². The smallest absolute Gasteiger partial charge is 0.309 e.